The van der Waals surface area contributed by atoms with Crippen LogP contribution in [0.1, 0.15) is 12.0 Å². The molecule has 0 aliphatic carbocycles. The van der Waals surface area contributed by atoms with Crippen LogP contribution >= 0.6 is 22.9 Å². The van der Waals surface area contributed by atoms with Crippen molar-refractivity contribution in [3.05, 3.63) is 40.6 Å². The Bertz CT molecular complexity index is 433. The third-order valence-corrected chi connectivity index (χ3v) is 3.11. The molecule has 2 heterocycles. The van der Waals surface area contributed by atoms with E-state index >= 15 is 0 Å². The molecule has 0 unspecified atom stereocenters. The van der Waals surface area contributed by atoms with Gasteiger partial charge in [-0.15, -0.1) is 0 Å². The van der Waals surface area contributed by atoms with Gasteiger partial charge in [0.25, 0.3) is 5.19 Å². The number of nitrogens with zero attached hydrogens (tertiary/aromatic N) is 2. The quantitative estimate of drug-likeness (QED) is 0.769. The minimum atomic E-state index is 0.495. The molecule has 0 atom stereocenters. The summed E-state index contributed by atoms with van der Waals surface area (Å²) in [5, 5.41) is 2.90. The smallest absolute Gasteiger partial charge is 0.274 e. The summed E-state index contributed by atoms with van der Waals surface area (Å²) >= 11 is 7.10. The summed E-state index contributed by atoms with van der Waals surface area (Å²) in [6.45, 7) is 0.659. The SMILES string of the molecule is Clc1csc(OCCCc2ccncc2)n1. The Labute approximate surface area is 103 Å². The summed E-state index contributed by atoms with van der Waals surface area (Å²) in [4.78, 5) is 7.98. The van der Waals surface area contributed by atoms with Gasteiger partial charge in [-0.3, -0.25) is 4.98 Å². The Kier molecular flexibility index (Phi) is 4.13. The predicted molar refractivity (Wildman–Crippen MR) is 65.2 cm³/mol. The normalized spacial score (nSPS) is 10.3. The summed E-state index contributed by atoms with van der Waals surface area (Å²) in [6, 6.07) is 4.03. The fourth-order valence-electron chi connectivity index (χ4n) is 1.29. The van der Waals surface area contributed by atoms with Crippen LogP contribution in [0.2, 0.25) is 5.15 Å². The first-order valence-electron chi connectivity index (χ1n) is 4.97. The molecule has 0 aromatic carbocycles. The molecule has 2 rings (SSSR count). The largest absolute Gasteiger partial charge is 0.470 e. The average Bonchev–Trinajstić information content (AvgIpc) is 2.72. The zero-order valence-corrected chi connectivity index (χ0v) is 10.2. The fourth-order valence-corrected chi connectivity index (χ4v) is 2.10. The third kappa shape index (κ3) is 3.47. The molecule has 0 spiro atoms. The van der Waals surface area contributed by atoms with E-state index in [0.29, 0.717) is 17.0 Å². The average molecular weight is 255 g/mol. The number of hydrogen-bond acceptors (Lipinski definition) is 4. The van der Waals surface area contributed by atoms with E-state index in [1.807, 2.05) is 12.1 Å². The van der Waals surface area contributed by atoms with Gasteiger partial charge in [0, 0.05) is 17.8 Å². The fraction of sp³-hybridized carbons (Fsp3) is 0.273. The first-order valence-corrected chi connectivity index (χ1v) is 6.23. The highest BCUT2D eigenvalue weighted by molar-refractivity contribution is 7.11. The number of aryl methyl sites for hydroxylation is 1. The van der Waals surface area contributed by atoms with E-state index in [1.54, 1.807) is 17.8 Å². The monoisotopic (exact) mass is 254 g/mol. The summed E-state index contributed by atoms with van der Waals surface area (Å²) in [6.07, 6.45) is 5.55. The zero-order valence-electron chi connectivity index (χ0n) is 8.60. The second kappa shape index (κ2) is 5.82. The van der Waals surface area contributed by atoms with Crippen LogP contribution in [-0.4, -0.2) is 16.6 Å². The molecule has 3 nitrogen and oxygen atoms in total. The van der Waals surface area contributed by atoms with Crippen LogP contribution in [0.3, 0.4) is 0 Å². The van der Waals surface area contributed by atoms with Crippen LogP contribution in [0.15, 0.2) is 29.9 Å². The maximum atomic E-state index is 5.68. The molecule has 84 valence electrons. The summed E-state index contributed by atoms with van der Waals surface area (Å²) in [7, 11) is 0. The van der Waals surface area contributed by atoms with E-state index in [4.69, 9.17) is 16.3 Å². The lowest BCUT2D eigenvalue weighted by atomic mass is 10.1. The van der Waals surface area contributed by atoms with Gasteiger partial charge in [0.05, 0.1) is 6.61 Å². The van der Waals surface area contributed by atoms with Crippen molar-refractivity contribution in [3.63, 3.8) is 0 Å². The van der Waals surface area contributed by atoms with Gasteiger partial charge in [-0.05, 0) is 30.5 Å². The topological polar surface area (TPSA) is 35.0 Å². The predicted octanol–water partition coefficient (Wildman–Crippen LogP) is 3.20. The van der Waals surface area contributed by atoms with E-state index in [-0.39, 0.29) is 0 Å². The number of halogens is 1. The lowest BCUT2D eigenvalue weighted by Crippen LogP contribution is -1.99. The molecule has 0 N–H and O–H groups in total. The number of hydrogen-bond donors (Lipinski definition) is 0. The van der Waals surface area contributed by atoms with Crippen molar-refractivity contribution < 1.29 is 4.74 Å². The number of aromatic nitrogens is 2. The molecule has 0 amide bonds. The summed E-state index contributed by atoms with van der Waals surface area (Å²) in [5.41, 5.74) is 1.27. The van der Waals surface area contributed by atoms with Crippen molar-refractivity contribution in [2.24, 2.45) is 0 Å². The maximum Gasteiger partial charge on any atom is 0.274 e. The molecule has 0 bridgehead atoms. The maximum absolute atomic E-state index is 5.68. The Morgan fingerprint density at radius 1 is 1.31 bits per heavy atom. The Morgan fingerprint density at radius 2 is 2.12 bits per heavy atom. The molecule has 0 saturated carbocycles. The molecular formula is C11H11ClN2OS. The number of pyridine rings is 1. The summed E-state index contributed by atoms with van der Waals surface area (Å²) < 4.78 is 5.46. The highest BCUT2D eigenvalue weighted by Crippen LogP contribution is 2.21. The molecule has 2 aromatic heterocycles. The lowest BCUT2D eigenvalue weighted by Gasteiger charge is -2.02. The van der Waals surface area contributed by atoms with Gasteiger partial charge < -0.3 is 4.74 Å². The van der Waals surface area contributed by atoms with Gasteiger partial charge in [0.2, 0.25) is 0 Å². The third-order valence-electron chi connectivity index (χ3n) is 2.04. The van der Waals surface area contributed by atoms with Crippen molar-refractivity contribution in [1.82, 2.24) is 9.97 Å². The van der Waals surface area contributed by atoms with Crippen molar-refractivity contribution in [3.8, 4) is 5.19 Å². The molecule has 0 fully saturated rings. The van der Waals surface area contributed by atoms with Crippen LogP contribution < -0.4 is 4.74 Å². The van der Waals surface area contributed by atoms with Crippen LogP contribution in [0.5, 0.6) is 5.19 Å². The van der Waals surface area contributed by atoms with Gasteiger partial charge in [0.1, 0.15) is 5.15 Å². The minimum absolute atomic E-state index is 0.495. The van der Waals surface area contributed by atoms with Gasteiger partial charge in [0.15, 0.2) is 0 Å². The molecule has 2 aromatic rings. The molecular weight excluding hydrogens is 244 g/mol. The Balaban J connectivity index is 1.69. The van der Waals surface area contributed by atoms with Crippen molar-refractivity contribution in [2.45, 2.75) is 12.8 Å². The number of rotatable bonds is 5. The Morgan fingerprint density at radius 3 is 2.81 bits per heavy atom. The van der Waals surface area contributed by atoms with Gasteiger partial charge in [-0.1, -0.05) is 22.9 Å². The van der Waals surface area contributed by atoms with Gasteiger partial charge in [-0.2, -0.15) is 4.98 Å². The van der Waals surface area contributed by atoms with E-state index in [1.165, 1.54) is 16.9 Å². The molecule has 0 aliphatic heterocycles. The second-order valence-electron chi connectivity index (χ2n) is 3.24. The summed E-state index contributed by atoms with van der Waals surface area (Å²) in [5.74, 6) is 0. The second-order valence-corrected chi connectivity index (χ2v) is 4.45. The molecule has 0 aliphatic rings. The minimum Gasteiger partial charge on any atom is -0.470 e. The van der Waals surface area contributed by atoms with Crippen LogP contribution in [-0.2, 0) is 6.42 Å². The molecule has 5 heteroatoms. The zero-order chi connectivity index (χ0) is 11.2. The van der Waals surface area contributed by atoms with E-state index in [9.17, 15) is 0 Å². The Hall–Kier alpha value is -1.13. The van der Waals surface area contributed by atoms with Crippen molar-refractivity contribution in [2.75, 3.05) is 6.61 Å². The van der Waals surface area contributed by atoms with Crippen LogP contribution in [0.4, 0.5) is 0 Å². The highest BCUT2D eigenvalue weighted by atomic mass is 35.5. The first-order chi connectivity index (χ1) is 7.84. The van der Waals surface area contributed by atoms with Crippen LogP contribution in [0, 0.1) is 0 Å². The number of ether oxygens (including phenoxy) is 1. The molecule has 0 radical (unpaired) electrons. The van der Waals surface area contributed by atoms with Gasteiger partial charge in [-0.25, -0.2) is 0 Å². The first kappa shape index (κ1) is 11.4. The van der Waals surface area contributed by atoms with E-state index in [2.05, 4.69) is 9.97 Å². The van der Waals surface area contributed by atoms with Crippen molar-refractivity contribution >= 4 is 22.9 Å². The van der Waals surface area contributed by atoms with Gasteiger partial charge >= 0.3 is 0 Å². The van der Waals surface area contributed by atoms with E-state index in [0.717, 1.165) is 12.8 Å². The molecule has 0 saturated heterocycles. The van der Waals surface area contributed by atoms with Crippen molar-refractivity contribution in [1.29, 1.82) is 0 Å². The van der Waals surface area contributed by atoms with E-state index < -0.39 is 0 Å². The number of thiazole rings is 1. The standard InChI is InChI=1S/C11H11ClN2OS/c12-10-8-16-11(14-10)15-7-1-2-9-3-5-13-6-4-9/h3-6,8H,1-2,7H2. The molecule has 16 heavy (non-hydrogen) atoms. The lowest BCUT2D eigenvalue weighted by molar-refractivity contribution is 0.309. The van der Waals surface area contributed by atoms with Crippen LogP contribution in [0.25, 0.3) is 0 Å². The highest BCUT2D eigenvalue weighted by Gasteiger charge is 2.00.